The average molecular weight is 283 g/mol. The number of amides is 1. The van der Waals surface area contributed by atoms with E-state index in [9.17, 15) is 4.79 Å². The lowest BCUT2D eigenvalue weighted by molar-refractivity contribution is -0.121. The molecule has 0 aliphatic heterocycles. The van der Waals surface area contributed by atoms with Gasteiger partial charge in [-0.15, -0.1) is 11.3 Å². The standard InChI is InChI=1S/C14H25N3OS/c1-14(2,15)8-7-13(18)16-10-11(17(3)4)12-6-5-9-19-12/h5-6,9,11H,7-8,10,15H2,1-4H3,(H,16,18). The maximum atomic E-state index is 11.8. The highest BCUT2D eigenvalue weighted by molar-refractivity contribution is 7.10. The van der Waals surface area contributed by atoms with E-state index < -0.39 is 0 Å². The lowest BCUT2D eigenvalue weighted by atomic mass is 10.00. The Bertz CT molecular complexity index is 382. The largest absolute Gasteiger partial charge is 0.354 e. The summed E-state index contributed by atoms with van der Waals surface area (Å²) in [4.78, 5) is 15.2. The number of nitrogens with zero attached hydrogens (tertiary/aromatic N) is 1. The van der Waals surface area contributed by atoms with Crippen molar-refractivity contribution in [3.05, 3.63) is 22.4 Å². The summed E-state index contributed by atoms with van der Waals surface area (Å²) in [6, 6.07) is 4.37. The first kappa shape index (κ1) is 16.1. The quantitative estimate of drug-likeness (QED) is 0.804. The van der Waals surface area contributed by atoms with Crippen molar-refractivity contribution >= 4 is 17.2 Å². The molecule has 0 spiro atoms. The van der Waals surface area contributed by atoms with Crippen LogP contribution in [0.3, 0.4) is 0 Å². The van der Waals surface area contributed by atoms with Crippen molar-refractivity contribution in [2.24, 2.45) is 5.73 Å². The van der Waals surface area contributed by atoms with Crippen LogP contribution in [0, 0.1) is 0 Å². The molecule has 19 heavy (non-hydrogen) atoms. The molecule has 1 atom stereocenters. The lowest BCUT2D eigenvalue weighted by Gasteiger charge is -2.24. The van der Waals surface area contributed by atoms with Crippen LogP contribution in [0.5, 0.6) is 0 Å². The zero-order valence-electron chi connectivity index (χ0n) is 12.3. The van der Waals surface area contributed by atoms with Crippen molar-refractivity contribution < 1.29 is 4.79 Å². The minimum absolute atomic E-state index is 0.0712. The summed E-state index contributed by atoms with van der Waals surface area (Å²) in [5.41, 5.74) is 5.59. The zero-order chi connectivity index (χ0) is 14.5. The summed E-state index contributed by atoms with van der Waals surface area (Å²) in [6.45, 7) is 4.51. The Morgan fingerprint density at radius 3 is 2.68 bits per heavy atom. The molecule has 0 saturated carbocycles. The van der Waals surface area contributed by atoms with Gasteiger partial charge in [0.2, 0.25) is 5.91 Å². The van der Waals surface area contributed by atoms with Gasteiger partial charge in [0.1, 0.15) is 0 Å². The highest BCUT2D eigenvalue weighted by Gasteiger charge is 2.17. The minimum Gasteiger partial charge on any atom is -0.354 e. The molecule has 1 aromatic rings. The molecule has 1 heterocycles. The third-order valence-corrected chi connectivity index (χ3v) is 3.96. The van der Waals surface area contributed by atoms with Crippen molar-refractivity contribution in [3.8, 4) is 0 Å². The first-order valence-electron chi connectivity index (χ1n) is 6.55. The predicted molar refractivity (Wildman–Crippen MR) is 81.3 cm³/mol. The fourth-order valence-corrected chi connectivity index (χ4v) is 2.68. The van der Waals surface area contributed by atoms with Gasteiger partial charge in [-0.25, -0.2) is 0 Å². The third kappa shape index (κ3) is 6.18. The number of carbonyl (C=O) groups is 1. The number of nitrogens with two attached hydrogens (primary N) is 1. The molecule has 0 bridgehead atoms. The molecular formula is C14H25N3OS. The van der Waals surface area contributed by atoms with E-state index in [0.717, 1.165) is 0 Å². The molecule has 0 radical (unpaired) electrons. The smallest absolute Gasteiger partial charge is 0.220 e. The van der Waals surface area contributed by atoms with Crippen molar-refractivity contribution in [1.29, 1.82) is 0 Å². The fraction of sp³-hybridized carbons (Fsp3) is 0.643. The summed E-state index contributed by atoms with van der Waals surface area (Å²) in [5, 5.41) is 5.06. The van der Waals surface area contributed by atoms with Crippen LogP contribution >= 0.6 is 11.3 Å². The van der Waals surface area contributed by atoms with Gasteiger partial charge in [-0.2, -0.15) is 0 Å². The van der Waals surface area contributed by atoms with Crippen LogP contribution in [0.25, 0.3) is 0 Å². The Labute approximate surface area is 120 Å². The molecule has 5 heteroatoms. The van der Waals surface area contributed by atoms with E-state index in [1.807, 2.05) is 34.0 Å². The van der Waals surface area contributed by atoms with E-state index in [-0.39, 0.29) is 17.5 Å². The molecular weight excluding hydrogens is 258 g/mol. The number of carbonyl (C=O) groups excluding carboxylic acids is 1. The number of nitrogens with one attached hydrogen (secondary N) is 1. The van der Waals surface area contributed by atoms with E-state index >= 15 is 0 Å². The average Bonchev–Trinajstić information content (AvgIpc) is 2.78. The van der Waals surface area contributed by atoms with Crippen LogP contribution in [0.1, 0.15) is 37.6 Å². The summed E-state index contributed by atoms with van der Waals surface area (Å²) in [7, 11) is 4.05. The van der Waals surface area contributed by atoms with Crippen molar-refractivity contribution in [2.75, 3.05) is 20.6 Å². The summed E-state index contributed by atoms with van der Waals surface area (Å²) in [6.07, 6.45) is 1.18. The molecule has 4 nitrogen and oxygen atoms in total. The third-order valence-electron chi connectivity index (χ3n) is 2.98. The Kier molecular flexibility index (Phi) is 5.97. The van der Waals surface area contributed by atoms with Crippen molar-refractivity contribution in [1.82, 2.24) is 10.2 Å². The molecule has 1 unspecified atom stereocenters. The fourth-order valence-electron chi connectivity index (χ4n) is 1.75. The van der Waals surface area contributed by atoms with E-state index in [2.05, 4.69) is 21.7 Å². The summed E-state index contributed by atoms with van der Waals surface area (Å²) < 4.78 is 0. The number of hydrogen-bond acceptors (Lipinski definition) is 4. The van der Waals surface area contributed by atoms with Gasteiger partial charge in [0.15, 0.2) is 0 Å². The Hall–Kier alpha value is -0.910. The molecule has 1 amide bonds. The van der Waals surface area contributed by atoms with E-state index in [1.54, 1.807) is 11.3 Å². The van der Waals surface area contributed by atoms with Crippen LogP contribution < -0.4 is 11.1 Å². The lowest BCUT2D eigenvalue weighted by Crippen LogP contribution is -2.37. The van der Waals surface area contributed by atoms with E-state index in [0.29, 0.717) is 19.4 Å². The van der Waals surface area contributed by atoms with Gasteiger partial charge in [-0.05, 0) is 45.8 Å². The summed E-state index contributed by atoms with van der Waals surface area (Å²) >= 11 is 1.72. The molecule has 0 saturated heterocycles. The van der Waals surface area contributed by atoms with Gasteiger partial charge in [-0.1, -0.05) is 6.07 Å². The van der Waals surface area contributed by atoms with E-state index in [4.69, 9.17) is 5.73 Å². The SMILES string of the molecule is CN(C)C(CNC(=O)CCC(C)(C)N)c1cccs1. The number of likely N-dealkylation sites (N-methyl/N-ethyl adjacent to an activating group) is 1. The van der Waals surface area contributed by atoms with Gasteiger partial charge in [0.25, 0.3) is 0 Å². The normalized spacial score (nSPS) is 13.6. The Balaban J connectivity index is 2.43. The van der Waals surface area contributed by atoms with Gasteiger partial charge >= 0.3 is 0 Å². The number of hydrogen-bond donors (Lipinski definition) is 2. The minimum atomic E-state index is -0.286. The van der Waals surface area contributed by atoms with Crippen LogP contribution in [0.2, 0.25) is 0 Å². The predicted octanol–water partition coefficient (Wildman–Crippen LogP) is 1.98. The van der Waals surface area contributed by atoms with Gasteiger partial charge in [0.05, 0.1) is 6.04 Å². The molecule has 0 aromatic carbocycles. The first-order valence-corrected chi connectivity index (χ1v) is 7.43. The molecule has 0 fully saturated rings. The van der Waals surface area contributed by atoms with Gasteiger partial charge < -0.3 is 16.0 Å². The summed E-state index contributed by atoms with van der Waals surface area (Å²) in [5.74, 6) is 0.0712. The highest BCUT2D eigenvalue weighted by Crippen LogP contribution is 2.22. The Morgan fingerprint density at radius 1 is 1.53 bits per heavy atom. The van der Waals surface area contributed by atoms with Crippen molar-refractivity contribution in [2.45, 2.75) is 38.3 Å². The molecule has 0 aliphatic rings. The first-order chi connectivity index (χ1) is 8.79. The van der Waals surface area contributed by atoms with E-state index in [1.165, 1.54) is 4.88 Å². The highest BCUT2D eigenvalue weighted by atomic mass is 32.1. The zero-order valence-corrected chi connectivity index (χ0v) is 13.1. The van der Waals surface area contributed by atoms with Gasteiger partial charge in [0, 0.05) is 23.4 Å². The molecule has 3 N–H and O–H groups in total. The molecule has 0 aliphatic carbocycles. The second-order valence-electron chi connectivity index (χ2n) is 5.79. The second-order valence-corrected chi connectivity index (χ2v) is 6.77. The van der Waals surface area contributed by atoms with Crippen molar-refractivity contribution in [3.63, 3.8) is 0 Å². The second kappa shape index (κ2) is 7.03. The molecule has 1 rings (SSSR count). The van der Waals surface area contributed by atoms with Crippen LogP contribution in [-0.2, 0) is 4.79 Å². The van der Waals surface area contributed by atoms with Crippen LogP contribution in [-0.4, -0.2) is 37.0 Å². The maximum Gasteiger partial charge on any atom is 0.220 e. The van der Waals surface area contributed by atoms with Gasteiger partial charge in [-0.3, -0.25) is 4.79 Å². The Morgan fingerprint density at radius 2 is 2.21 bits per heavy atom. The monoisotopic (exact) mass is 283 g/mol. The van der Waals surface area contributed by atoms with Crippen LogP contribution in [0.15, 0.2) is 17.5 Å². The maximum absolute atomic E-state index is 11.8. The number of rotatable bonds is 7. The number of thiophene rings is 1. The topological polar surface area (TPSA) is 58.4 Å². The van der Waals surface area contributed by atoms with Crippen LogP contribution in [0.4, 0.5) is 0 Å². The molecule has 1 aromatic heterocycles. The molecule has 108 valence electrons.